The molecule has 0 saturated heterocycles. The zero-order chi connectivity index (χ0) is 22.4. The lowest BCUT2D eigenvalue weighted by molar-refractivity contribution is -0.139. The summed E-state index contributed by atoms with van der Waals surface area (Å²) in [6.45, 7) is 6.50. The number of thioether (sulfide) groups is 1. The molecule has 6 N–H and O–H groups in total. The van der Waals surface area contributed by atoms with Crippen LogP contribution in [0.25, 0.3) is 0 Å². The minimum absolute atomic E-state index is 0.0316. The summed E-state index contributed by atoms with van der Waals surface area (Å²) in [5, 5.41) is 20.0. The van der Waals surface area contributed by atoms with Crippen molar-refractivity contribution in [3.05, 3.63) is 35.9 Å². The van der Waals surface area contributed by atoms with Gasteiger partial charge in [-0.2, -0.15) is 24.4 Å². The Bertz CT molecular complexity index is 578. The Hall–Kier alpha value is -0.770. The minimum atomic E-state index is -0.787. The van der Waals surface area contributed by atoms with Crippen molar-refractivity contribution in [2.75, 3.05) is 37.4 Å². The third-order valence-corrected chi connectivity index (χ3v) is 6.27. The average Bonchev–Trinajstić information content (AvgIpc) is 2.73. The van der Waals surface area contributed by atoms with E-state index in [9.17, 15) is 9.90 Å². The number of nitrogens with one attached hydrogen (secondary N) is 3. The molecule has 0 aliphatic rings. The molecule has 3 unspecified atom stereocenters. The van der Waals surface area contributed by atoms with E-state index >= 15 is 0 Å². The molecule has 0 bridgehead atoms. The third kappa shape index (κ3) is 11.6. The molecule has 1 rings (SSSR count). The van der Waals surface area contributed by atoms with E-state index in [4.69, 9.17) is 5.73 Å². The number of nitrogens with two attached hydrogens (primary N) is 1. The first-order chi connectivity index (χ1) is 14.4. The van der Waals surface area contributed by atoms with Crippen LogP contribution in [0.1, 0.15) is 25.8 Å². The molecule has 0 fully saturated rings. The number of hydrogen-bond acceptors (Lipinski definition) is 7. The van der Waals surface area contributed by atoms with Crippen molar-refractivity contribution in [2.45, 2.75) is 50.9 Å². The molecule has 0 heterocycles. The van der Waals surface area contributed by atoms with Gasteiger partial charge >= 0.3 is 5.97 Å². The van der Waals surface area contributed by atoms with E-state index in [0.717, 1.165) is 25.3 Å². The minimum Gasteiger partial charge on any atom is -0.480 e. The van der Waals surface area contributed by atoms with E-state index < -0.39 is 12.0 Å². The quantitative estimate of drug-likeness (QED) is 0.199. The van der Waals surface area contributed by atoms with Gasteiger partial charge in [-0.15, -0.1) is 0 Å². The lowest BCUT2D eigenvalue weighted by Crippen LogP contribution is -2.52. The lowest BCUT2D eigenvalue weighted by Gasteiger charge is -2.28. The molecule has 1 aromatic carbocycles. The highest BCUT2D eigenvalue weighted by molar-refractivity contribution is 7.98. The molecule has 0 saturated carbocycles. The van der Waals surface area contributed by atoms with Gasteiger partial charge in [0.1, 0.15) is 6.04 Å². The van der Waals surface area contributed by atoms with Crippen molar-refractivity contribution < 1.29 is 9.90 Å². The second kappa shape index (κ2) is 15.9. The normalized spacial score (nSPS) is 15.7. The van der Waals surface area contributed by atoms with Gasteiger partial charge in [0.2, 0.25) is 0 Å². The number of thiol groups is 1. The molecule has 172 valence electrons. The fraction of sp³-hybridized carbons (Fsp3) is 0.682. The Kier molecular flexibility index (Phi) is 14.5. The van der Waals surface area contributed by atoms with Gasteiger partial charge in [0.05, 0.1) is 0 Å². The van der Waals surface area contributed by atoms with Crippen LogP contribution in [0.4, 0.5) is 0 Å². The Morgan fingerprint density at radius 3 is 2.40 bits per heavy atom. The van der Waals surface area contributed by atoms with Crippen LogP contribution < -0.4 is 21.7 Å². The standard InChI is InChI=1S/C22H40N4O2S2/c1-16(2)21(25-12-18(23)15-29)14-24-19(11-17-7-5-4-6-8-17)13-26-20(22(27)28)9-10-30-3/h4-8,16,18-21,24-26,29H,9-15,23H2,1-3H3,(H,27,28)/t18?,19?,20-,21?/m0/s1. The van der Waals surface area contributed by atoms with Crippen LogP contribution >= 0.6 is 24.4 Å². The molecule has 1 aromatic rings. The lowest BCUT2D eigenvalue weighted by atomic mass is 10.0. The Morgan fingerprint density at radius 1 is 1.13 bits per heavy atom. The van der Waals surface area contributed by atoms with Gasteiger partial charge in [-0.05, 0) is 36.3 Å². The fourth-order valence-electron chi connectivity index (χ4n) is 3.15. The van der Waals surface area contributed by atoms with E-state index in [1.165, 1.54) is 5.56 Å². The first-order valence-electron chi connectivity index (χ1n) is 10.7. The summed E-state index contributed by atoms with van der Waals surface area (Å²) >= 11 is 5.93. The number of benzene rings is 1. The topological polar surface area (TPSA) is 99.4 Å². The molecule has 0 aromatic heterocycles. The van der Waals surface area contributed by atoms with Crippen LogP contribution in [0.2, 0.25) is 0 Å². The Labute approximate surface area is 191 Å². The van der Waals surface area contributed by atoms with Crippen LogP contribution in [-0.2, 0) is 11.2 Å². The molecule has 8 heteroatoms. The molecule has 0 aliphatic carbocycles. The fourth-order valence-corrected chi connectivity index (χ4v) is 3.75. The van der Waals surface area contributed by atoms with E-state index in [1.54, 1.807) is 11.8 Å². The number of aliphatic carboxylic acids is 1. The second-order valence-electron chi connectivity index (χ2n) is 8.08. The van der Waals surface area contributed by atoms with Gasteiger partial charge in [0.15, 0.2) is 0 Å². The Balaban J connectivity index is 2.72. The molecule has 0 radical (unpaired) electrons. The molecule has 6 nitrogen and oxygen atoms in total. The molecule has 0 amide bonds. The molecular weight excluding hydrogens is 416 g/mol. The first-order valence-corrected chi connectivity index (χ1v) is 12.7. The number of carboxylic acids is 1. The summed E-state index contributed by atoms with van der Waals surface area (Å²) in [5.74, 6) is 1.14. The first kappa shape index (κ1) is 27.3. The van der Waals surface area contributed by atoms with Crippen molar-refractivity contribution in [1.82, 2.24) is 16.0 Å². The highest BCUT2D eigenvalue weighted by atomic mass is 32.2. The van der Waals surface area contributed by atoms with Gasteiger partial charge in [-0.25, -0.2) is 0 Å². The van der Waals surface area contributed by atoms with E-state index in [0.29, 0.717) is 24.6 Å². The van der Waals surface area contributed by atoms with E-state index in [-0.39, 0.29) is 18.1 Å². The summed E-state index contributed by atoms with van der Waals surface area (Å²) in [6.07, 6.45) is 3.45. The zero-order valence-electron chi connectivity index (χ0n) is 18.5. The number of carbonyl (C=O) groups is 1. The van der Waals surface area contributed by atoms with Gasteiger partial charge < -0.3 is 26.8 Å². The van der Waals surface area contributed by atoms with Crippen molar-refractivity contribution >= 4 is 30.4 Å². The van der Waals surface area contributed by atoms with Crippen LogP contribution in [0.15, 0.2) is 30.3 Å². The van der Waals surface area contributed by atoms with E-state index in [2.05, 4.69) is 54.6 Å². The van der Waals surface area contributed by atoms with Crippen LogP contribution in [0, 0.1) is 5.92 Å². The third-order valence-electron chi connectivity index (χ3n) is 5.15. The van der Waals surface area contributed by atoms with Gasteiger partial charge in [0.25, 0.3) is 0 Å². The van der Waals surface area contributed by atoms with Gasteiger partial charge in [-0.3, -0.25) is 4.79 Å². The molecule has 0 aliphatic heterocycles. The summed E-state index contributed by atoms with van der Waals surface area (Å²) in [5.41, 5.74) is 7.24. The number of hydrogen-bond donors (Lipinski definition) is 6. The molecular formula is C22H40N4O2S2. The zero-order valence-corrected chi connectivity index (χ0v) is 20.2. The van der Waals surface area contributed by atoms with Crippen LogP contribution in [0.5, 0.6) is 0 Å². The van der Waals surface area contributed by atoms with Gasteiger partial charge in [0, 0.05) is 43.5 Å². The predicted octanol–water partition coefficient (Wildman–Crippen LogP) is 1.85. The highest BCUT2D eigenvalue weighted by Crippen LogP contribution is 2.07. The van der Waals surface area contributed by atoms with E-state index in [1.807, 2.05) is 24.5 Å². The Morgan fingerprint density at radius 2 is 1.83 bits per heavy atom. The summed E-state index contributed by atoms with van der Waals surface area (Å²) in [7, 11) is 0. The highest BCUT2D eigenvalue weighted by Gasteiger charge is 2.20. The second-order valence-corrected chi connectivity index (χ2v) is 9.43. The van der Waals surface area contributed by atoms with Crippen LogP contribution in [-0.4, -0.2) is 72.6 Å². The SMILES string of the molecule is CSCC[C@H](NCC(Cc1ccccc1)NCC(NCC(N)CS)C(C)C)C(=O)O. The largest absolute Gasteiger partial charge is 0.480 e. The maximum Gasteiger partial charge on any atom is 0.320 e. The maximum absolute atomic E-state index is 11.6. The monoisotopic (exact) mass is 456 g/mol. The molecule has 0 spiro atoms. The molecule has 4 atom stereocenters. The summed E-state index contributed by atoms with van der Waals surface area (Å²) < 4.78 is 0. The summed E-state index contributed by atoms with van der Waals surface area (Å²) in [4.78, 5) is 11.6. The van der Waals surface area contributed by atoms with Crippen LogP contribution in [0.3, 0.4) is 0 Å². The number of carboxylic acid groups (broad SMARTS) is 1. The van der Waals surface area contributed by atoms with Crippen molar-refractivity contribution in [3.63, 3.8) is 0 Å². The molecule has 30 heavy (non-hydrogen) atoms. The van der Waals surface area contributed by atoms with Crippen molar-refractivity contribution in [2.24, 2.45) is 11.7 Å². The van der Waals surface area contributed by atoms with Gasteiger partial charge in [-0.1, -0.05) is 44.2 Å². The summed E-state index contributed by atoms with van der Waals surface area (Å²) in [6, 6.07) is 10.2. The van der Waals surface area contributed by atoms with Crippen molar-refractivity contribution in [1.29, 1.82) is 0 Å². The average molecular weight is 457 g/mol. The smallest absolute Gasteiger partial charge is 0.320 e. The number of rotatable bonds is 17. The maximum atomic E-state index is 11.6. The van der Waals surface area contributed by atoms with Crippen molar-refractivity contribution in [3.8, 4) is 0 Å². The predicted molar refractivity (Wildman–Crippen MR) is 133 cm³/mol.